The molecule has 9 nitrogen and oxygen atoms in total. The number of amidine groups is 1. The van der Waals surface area contributed by atoms with Crippen LogP contribution in [0, 0.1) is 11.2 Å². The highest BCUT2D eigenvalue weighted by Crippen LogP contribution is 2.26. The summed E-state index contributed by atoms with van der Waals surface area (Å²) in [7, 11) is 0. The first kappa shape index (κ1) is 25.7. The summed E-state index contributed by atoms with van der Waals surface area (Å²) in [6.07, 6.45) is 4.43. The Morgan fingerprint density at radius 1 is 1.24 bits per heavy atom. The van der Waals surface area contributed by atoms with Gasteiger partial charge in [0.15, 0.2) is 0 Å². The Hall–Kier alpha value is -3.56. The second-order valence-electron chi connectivity index (χ2n) is 7.45. The van der Waals surface area contributed by atoms with Crippen molar-refractivity contribution in [2.75, 3.05) is 13.1 Å². The van der Waals surface area contributed by atoms with Crippen LogP contribution in [0.1, 0.15) is 45.6 Å². The minimum Gasteiger partial charge on any atom is -0.460 e. The summed E-state index contributed by atoms with van der Waals surface area (Å²) in [5.41, 5.74) is 6.06. The van der Waals surface area contributed by atoms with E-state index in [2.05, 4.69) is 9.97 Å². The maximum absolute atomic E-state index is 14.9. The van der Waals surface area contributed by atoms with E-state index in [0.29, 0.717) is 37.9 Å². The van der Waals surface area contributed by atoms with Gasteiger partial charge in [-0.1, -0.05) is 32.5 Å². The molecule has 3 N–H and O–H groups in total. The van der Waals surface area contributed by atoms with Crippen LogP contribution in [0.4, 0.5) is 4.39 Å². The molecule has 1 saturated heterocycles. The second kappa shape index (κ2) is 11.9. The molecule has 10 heteroatoms. The fraction of sp³-hybridized carbons (Fsp3) is 0.435. The maximum atomic E-state index is 14.9. The molecule has 178 valence electrons. The van der Waals surface area contributed by atoms with Crippen molar-refractivity contribution in [1.29, 1.82) is 5.41 Å². The lowest BCUT2D eigenvalue weighted by Crippen LogP contribution is -2.41. The van der Waals surface area contributed by atoms with E-state index in [4.69, 9.17) is 20.6 Å². The Balaban J connectivity index is 0.00000385. The Morgan fingerprint density at radius 3 is 2.52 bits per heavy atom. The summed E-state index contributed by atoms with van der Waals surface area (Å²) in [5.74, 6) is -1.42. The van der Waals surface area contributed by atoms with Gasteiger partial charge in [-0.15, -0.1) is 0 Å². The third-order valence-electron chi connectivity index (χ3n) is 5.11. The standard InChI is InChI=1S/C22H26FN5O4.CH4/c1-2-19(29)28-8-6-16(7-9-28)32-22-26-11-15(12-27-22)17-5-3-4-14(21(17)23)13-31-20(30)10-18(24)25;/h3-5,11-12,16H,2,6-10,13H2,1H3,(H3,24,25);1H4. The molecule has 1 fully saturated rings. The number of carbonyl (C=O) groups excluding carboxylic acids is 2. The van der Waals surface area contributed by atoms with Gasteiger partial charge in [0.2, 0.25) is 5.91 Å². The molecular formula is C23H30FN5O4. The molecule has 1 aromatic carbocycles. The van der Waals surface area contributed by atoms with Gasteiger partial charge in [-0.2, -0.15) is 0 Å². The number of piperidine rings is 1. The van der Waals surface area contributed by atoms with Crippen LogP contribution in [-0.4, -0.2) is 51.8 Å². The van der Waals surface area contributed by atoms with Crippen LogP contribution in [0.5, 0.6) is 6.01 Å². The number of ether oxygens (including phenoxy) is 2. The molecule has 0 bridgehead atoms. The third kappa shape index (κ3) is 6.96. The molecule has 0 aliphatic carbocycles. The van der Waals surface area contributed by atoms with Crippen molar-refractivity contribution in [3.05, 3.63) is 42.0 Å². The van der Waals surface area contributed by atoms with Crippen LogP contribution in [0.3, 0.4) is 0 Å². The first-order chi connectivity index (χ1) is 15.4. The van der Waals surface area contributed by atoms with Gasteiger partial charge < -0.3 is 20.1 Å². The molecule has 0 unspecified atom stereocenters. The van der Waals surface area contributed by atoms with Crippen LogP contribution in [0.2, 0.25) is 0 Å². The lowest BCUT2D eigenvalue weighted by Gasteiger charge is -2.31. The number of aromatic nitrogens is 2. The summed E-state index contributed by atoms with van der Waals surface area (Å²) in [6, 6.07) is 4.93. The number of carbonyl (C=O) groups is 2. The van der Waals surface area contributed by atoms with Crippen LogP contribution in [-0.2, 0) is 20.9 Å². The number of nitrogens with two attached hydrogens (primary N) is 1. The fourth-order valence-corrected chi connectivity index (χ4v) is 3.39. The van der Waals surface area contributed by atoms with Crippen molar-refractivity contribution in [2.24, 2.45) is 5.73 Å². The molecule has 33 heavy (non-hydrogen) atoms. The van der Waals surface area contributed by atoms with Gasteiger partial charge >= 0.3 is 12.0 Å². The maximum Gasteiger partial charge on any atom is 0.316 e. The number of hydrogen-bond acceptors (Lipinski definition) is 7. The number of esters is 1. The normalized spacial score (nSPS) is 13.7. The van der Waals surface area contributed by atoms with Crippen molar-refractivity contribution >= 4 is 17.7 Å². The second-order valence-corrected chi connectivity index (χ2v) is 7.45. The zero-order valence-electron chi connectivity index (χ0n) is 17.8. The molecule has 3 rings (SSSR count). The van der Waals surface area contributed by atoms with Gasteiger partial charge in [0.25, 0.3) is 0 Å². The van der Waals surface area contributed by atoms with Gasteiger partial charge in [-0.25, -0.2) is 14.4 Å². The van der Waals surface area contributed by atoms with E-state index in [-0.39, 0.29) is 55.4 Å². The van der Waals surface area contributed by atoms with E-state index in [0.717, 1.165) is 0 Å². The first-order valence-electron chi connectivity index (χ1n) is 10.4. The number of rotatable bonds is 8. The number of likely N-dealkylation sites (tertiary alicyclic amines) is 1. The monoisotopic (exact) mass is 459 g/mol. The summed E-state index contributed by atoms with van der Waals surface area (Å²) < 4.78 is 25.7. The molecule has 1 amide bonds. The van der Waals surface area contributed by atoms with Crippen molar-refractivity contribution in [3.63, 3.8) is 0 Å². The van der Waals surface area contributed by atoms with E-state index >= 15 is 0 Å². The molecule has 2 heterocycles. The fourth-order valence-electron chi connectivity index (χ4n) is 3.39. The van der Waals surface area contributed by atoms with E-state index in [1.54, 1.807) is 12.1 Å². The van der Waals surface area contributed by atoms with Gasteiger partial charge in [0.1, 0.15) is 30.8 Å². The average molecular weight is 460 g/mol. The minimum absolute atomic E-state index is 0. The third-order valence-corrected chi connectivity index (χ3v) is 5.11. The van der Waals surface area contributed by atoms with Crippen molar-refractivity contribution < 1.29 is 23.5 Å². The number of benzene rings is 1. The molecule has 0 spiro atoms. The van der Waals surface area contributed by atoms with Crippen LogP contribution in [0.15, 0.2) is 30.6 Å². The summed E-state index contributed by atoms with van der Waals surface area (Å²) in [4.78, 5) is 33.5. The molecule has 0 radical (unpaired) electrons. The van der Waals surface area contributed by atoms with Crippen molar-refractivity contribution in [1.82, 2.24) is 14.9 Å². The quantitative estimate of drug-likeness (QED) is 0.352. The summed E-state index contributed by atoms with van der Waals surface area (Å²) >= 11 is 0. The van der Waals surface area contributed by atoms with Gasteiger partial charge in [0.05, 0.1) is 0 Å². The number of halogens is 1. The predicted molar refractivity (Wildman–Crippen MR) is 121 cm³/mol. The van der Waals surface area contributed by atoms with E-state index in [1.165, 1.54) is 18.5 Å². The zero-order chi connectivity index (χ0) is 23.1. The predicted octanol–water partition coefficient (Wildman–Crippen LogP) is 3.07. The van der Waals surface area contributed by atoms with Crippen LogP contribution >= 0.6 is 0 Å². The molecule has 1 aliphatic heterocycles. The van der Waals surface area contributed by atoms with Crippen LogP contribution in [0.25, 0.3) is 11.1 Å². The van der Waals surface area contributed by atoms with Gasteiger partial charge in [-0.3, -0.25) is 15.0 Å². The SMILES string of the molecule is C.CCC(=O)N1CCC(Oc2ncc(-c3cccc(COC(=O)CC(=N)N)c3F)cn2)CC1. The lowest BCUT2D eigenvalue weighted by molar-refractivity contribution is -0.143. The Bertz CT molecular complexity index is 975. The molecule has 1 aliphatic rings. The molecular weight excluding hydrogens is 429 g/mol. The zero-order valence-corrected chi connectivity index (χ0v) is 17.8. The van der Waals surface area contributed by atoms with E-state index in [1.807, 2.05) is 11.8 Å². The van der Waals surface area contributed by atoms with E-state index in [9.17, 15) is 14.0 Å². The smallest absolute Gasteiger partial charge is 0.316 e. The van der Waals surface area contributed by atoms with Gasteiger partial charge in [-0.05, 0) is 0 Å². The molecule has 0 atom stereocenters. The Labute approximate surface area is 192 Å². The molecule has 2 aromatic rings. The highest BCUT2D eigenvalue weighted by atomic mass is 19.1. The minimum atomic E-state index is -0.697. The highest BCUT2D eigenvalue weighted by molar-refractivity contribution is 5.94. The summed E-state index contributed by atoms with van der Waals surface area (Å²) in [5, 5.41) is 7.09. The number of nitrogens with zero attached hydrogens (tertiary/aromatic N) is 3. The average Bonchev–Trinajstić information content (AvgIpc) is 2.78. The number of hydrogen-bond donors (Lipinski definition) is 2. The Morgan fingerprint density at radius 2 is 1.91 bits per heavy atom. The lowest BCUT2D eigenvalue weighted by atomic mass is 10.1. The largest absolute Gasteiger partial charge is 0.460 e. The number of nitrogens with one attached hydrogen (secondary N) is 1. The summed E-state index contributed by atoms with van der Waals surface area (Å²) in [6.45, 7) is 2.86. The Kier molecular flexibility index (Phi) is 9.26. The van der Waals surface area contributed by atoms with Crippen molar-refractivity contribution in [2.45, 2.75) is 52.7 Å². The number of amides is 1. The van der Waals surface area contributed by atoms with Crippen molar-refractivity contribution in [3.8, 4) is 17.1 Å². The van der Waals surface area contributed by atoms with Crippen LogP contribution < -0.4 is 10.5 Å². The molecule has 1 aromatic heterocycles. The van der Waals surface area contributed by atoms with E-state index < -0.39 is 11.8 Å². The molecule has 0 saturated carbocycles. The first-order valence-corrected chi connectivity index (χ1v) is 10.4. The topological polar surface area (TPSA) is 131 Å². The highest BCUT2D eigenvalue weighted by Gasteiger charge is 2.23. The van der Waals surface area contributed by atoms with Gasteiger partial charge in [0, 0.05) is 61.4 Å².